The molecule has 0 unspecified atom stereocenters. The number of aliphatic hydroxyl groups is 1. The molecule has 0 fully saturated rings. The van der Waals surface area contributed by atoms with E-state index in [1.807, 2.05) is 62.5 Å². The molecule has 3 aromatic carbocycles. The van der Waals surface area contributed by atoms with Crippen molar-refractivity contribution in [2.45, 2.75) is 31.4 Å². The van der Waals surface area contributed by atoms with Crippen LogP contribution in [0.1, 0.15) is 19.4 Å². The molecule has 0 saturated carbocycles. The first-order valence-corrected chi connectivity index (χ1v) is 14.3. The number of fused-ring (bicyclic) bond motifs is 1. The highest BCUT2D eigenvalue weighted by Crippen LogP contribution is 2.31. The molecule has 0 amide bonds. The summed E-state index contributed by atoms with van der Waals surface area (Å²) in [7, 11) is -0.957. The van der Waals surface area contributed by atoms with Gasteiger partial charge in [0.2, 0.25) is 10.0 Å². The van der Waals surface area contributed by atoms with Gasteiger partial charge in [0.05, 0.1) is 19.1 Å². The molecular formula is C30H36N2O6S. The molecule has 1 aromatic heterocycles. The van der Waals surface area contributed by atoms with E-state index in [2.05, 4.69) is 16.7 Å². The van der Waals surface area contributed by atoms with Crippen LogP contribution in [-0.2, 0) is 16.6 Å². The summed E-state index contributed by atoms with van der Waals surface area (Å²) in [6.07, 6.45) is 1.01. The van der Waals surface area contributed by atoms with Gasteiger partial charge in [0, 0.05) is 42.8 Å². The Morgan fingerprint density at radius 1 is 0.897 bits per heavy atom. The van der Waals surface area contributed by atoms with Gasteiger partial charge in [-0.1, -0.05) is 44.2 Å². The van der Waals surface area contributed by atoms with Gasteiger partial charge in [-0.3, -0.25) is 0 Å². The standard InChI is InChI=1S/C30H36N2O6S/c1-22(2)18-32(39(34,35)27-11-13-29(36-3)30(17-27)37-4)20-25(33)21-38-26-10-12-28-24(16-26)14-15-31(28)19-23-8-6-5-7-9-23/h5-17,22,25,33H,18-21H2,1-4H3/t25-/m1/s1. The third-order valence-corrected chi connectivity index (χ3v) is 8.18. The third kappa shape index (κ3) is 6.92. The van der Waals surface area contributed by atoms with Crippen molar-refractivity contribution >= 4 is 20.9 Å². The average molecular weight is 553 g/mol. The van der Waals surface area contributed by atoms with Gasteiger partial charge < -0.3 is 23.9 Å². The Kier molecular flexibility index (Phi) is 9.16. The molecule has 1 N–H and O–H groups in total. The lowest BCUT2D eigenvalue weighted by atomic mass is 10.2. The first-order valence-electron chi connectivity index (χ1n) is 12.9. The van der Waals surface area contributed by atoms with E-state index in [0.29, 0.717) is 17.2 Å². The Morgan fingerprint density at radius 3 is 2.33 bits per heavy atom. The summed E-state index contributed by atoms with van der Waals surface area (Å²) in [4.78, 5) is 0.0689. The van der Waals surface area contributed by atoms with Gasteiger partial charge in [0.25, 0.3) is 0 Å². The monoisotopic (exact) mass is 552 g/mol. The first-order chi connectivity index (χ1) is 18.7. The molecule has 0 radical (unpaired) electrons. The van der Waals surface area contributed by atoms with Gasteiger partial charge in [-0.15, -0.1) is 0 Å². The predicted octanol–water partition coefficient (Wildman–Crippen LogP) is 4.79. The highest BCUT2D eigenvalue weighted by Gasteiger charge is 2.28. The van der Waals surface area contributed by atoms with Gasteiger partial charge >= 0.3 is 0 Å². The lowest BCUT2D eigenvalue weighted by molar-refractivity contribution is 0.0873. The van der Waals surface area contributed by atoms with Crippen LogP contribution in [0.4, 0.5) is 0 Å². The number of rotatable bonds is 13. The van der Waals surface area contributed by atoms with Crippen LogP contribution in [0.15, 0.2) is 83.9 Å². The van der Waals surface area contributed by atoms with E-state index in [1.54, 1.807) is 6.07 Å². The highest BCUT2D eigenvalue weighted by molar-refractivity contribution is 7.89. The van der Waals surface area contributed by atoms with E-state index in [4.69, 9.17) is 14.2 Å². The van der Waals surface area contributed by atoms with E-state index >= 15 is 0 Å². The molecule has 0 bridgehead atoms. The summed E-state index contributed by atoms with van der Waals surface area (Å²) < 4.78 is 46.9. The minimum absolute atomic E-state index is 0.0493. The van der Waals surface area contributed by atoms with Crippen LogP contribution in [0.3, 0.4) is 0 Å². The van der Waals surface area contributed by atoms with Crippen LogP contribution < -0.4 is 14.2 Å². The second-order valence-corrected chi connectivity index (χ2v) is 11.8. The van der Waals surface area contributed by atoms with Crippen LogP contribution in [0.2, 0.25) is 0 Å². The van der Waals surface area contributed by atoms with Crippen molar-refractivity contribution < 1.29 is 27.7 Å². The van der Waals surface area contributed by atoms with Crippen LogP contribution >= 0.6 is 0 Å². The van der Waals surface area contributed by atoms with Crippen LogP contribution in [0.25, 0.3) is 10.9 Å². The average Bonchev–Trinajstić information content (AvgIpc) is 3.33. The van der Waals surface area contributed by atoms with Crippen LogP contribution in [0.5, 0.6) is 17.2 Å². The summed E-state index contributed by atoms with van der Waals surface area (Å²) in [5, 5.41) is 11.8. The molecule has 1 heterocycles. The molecule has 39 heavy (non-hydrogen) atoms. The fourth-order valence-electron chi connectivity index (χ4n) is 4.47. The van der Waals surface area contributed by atoms with Crippen molar-refractivity contribution in [3.05, 3.63) is 84.6 Å². The molecule has 208 valence electrons. The molecule has 4 rings (SSSR count). The van der Waals surface area contributed by atoms with E-state index < -0.39 is 16.1 Å². The number of hydrogen-bond donors (Lipinski definition) is 1. The van der Waals surface area contributed by atoms with Crippen molar-refractivity contribution in [2.24, 2.45) is 5.92 Å². The summed E-state index contributed by atoms with van der Waals surface area (Å²) in [6.45, 7) is 4.72. The van der Waals surface area contributed by atoms with E-state index in [0.717, 1.165) is 17.4 Å². The first kappa shape index (κ1) is 28.5. The van der Waals surface area contributed by atoms with Crippen LogP contribution in [0, 0.1) is 5.92 Å². The topological polar surface area (TPSA) is 90.2 Å². The predicted molar refractivity (Wildman–Crippen MR) is 152 cm³/mol. The Morgan fingerprint density at radius 2 is 1.64 bits per heavy atom. The Bertz CT molecular complexity index is 1480. The van der Waals surface area contributed by atoms with Gasteiger partial charge in [0.1, 0.15) is 18.5 Å². The fraction of sp³-hybridized carbons (Fsp3) is 0.333. The van der Waals surface area contributed by atoms with Crippen LogP contribution in [-0.4, -0.2) is 62.4 Å². The Labute approximate surface area is 230 Å². The van der Waals surface area contributed by atoms with Crippen molar-refractivity contribution in [1.29, 1.82) is 0 Å². The van der Waals surface area contributed by atoms with Gasteiger partial charge in [-0.2, -0.15) is 4.31 Å². The maximum Gasteiger partial charge on any atom is 0.243 e. The second-order valence-electron chi connectivity index (χ2n) is 9.85. The number of benzene rings is 3. The quantitative estimate of drug-likeness (QED) is 0.256. The summed E-state index contributed by atoms with van der Waals surface area (Å²) in [5.41, 5.74) is 2.29. The summed E-state index contributed by atoms with van der Waals surface area (Å²) in [5.74, 6) is 1.42. The summed E-state index contributed by atoms with van der Waals surface area (Å²) >= 11 is 0. The number of nitrogens with zero attached hydrogens (tertiary/aromatic N) is 2. The van der Waals surface area contributed by atoms with Gasteiger partial charge in [-0.05, 0) is 47.9 Å². The molecule has 0 spiro atoms. The van der Waals surface area contributed by atoms with E-state index in [1.165, 1.54) is 36.2 Å². The molecule has 4 aromatic rings. The molecular weight excluding hydrogens is 516 g/mol. The lowest BCUT2D eigenvalue weighted by Crippen LogP contribution is -2.41. The number of sulfonamides is 1. The molecule has 0 saturated heterocycles. The smallest absolute Gasteiger partial charge is 0.243 e. The van der Waals surface area contributed by atoms with Crippen molar-refractivity contribution in [2.75, 3.05) is 33.9 Å². The molecule has 8 nitrogen and oxygen atoms in total. The van der Waals surface area contributed by atoms with Crippen molar-refractivity contribution in [3.8, 4) is 17.2 Å². The highest BCUT2D eigenvalue weighted by atomic mass is 32.2. The minimum Gasteiger partial charge on any atom is -0.493 e. The zero-order valence-corrected chi connectivity index (χ0v) is 23.6. The molecule has 0 aliphatic carbocycles. The molecule has 9 heteroatoms. The van der Waals surface area contributed by atoms with Gasteiger partial charge in [-0.25, -0.2) is 8.42 Å². The zero-order valence-electron chi connectivity index (χ0n) is 22.8. The van der Waals surface area contributed by atoms with Gasteiger partial charge in [0.15, 0.2) is 11.5 Å². The minimum atomic E-state index is -3.90. The second kappa shape index (κ2) is 12.5. The SMILES string of the molecule is COc1ccc(S(=O)(=O)N(CC(C)C)C[C@@H](O)COc2ccc3c(ccn3Cc3ccccc3)c2)cc1OC. The normalized spacial score (nSPS) is 12.7. The number of ether oxygens (including phenoxy) is 3. The fourth-order valence-corrected chi connectivity index (χ4v) is 6.13. The number of aromatic nitrogens is 1. The Hall–Kier alpha value is -3.53. The number of hydrogen-bond acceptors (Lipinski definition) is 6. The summed E-state index contributed by atoms with van der Waals surface area (Å²) in [6, 6.07) is 22.5. The van der Waals surface area contributed by atoms with Crippen molar-refractivity contribution in [3.63, 3.8) is 0 Å². The molecule has 0 aliphatic rings. The maximum atomic E-state index is 13.5. The molecule has 0 aliphatic heterocycles. The number of methoxy groups -OCH3 is 2. The number of aliphatic hydroxyl groups excluding tert-OH is 1. The maximum absolute atomic E-state index is 13.5. The van der Waals surface area contributed by atoms with E-state index in [9.17, 15) is 13.5 Å². The third-order valence-electron chi connectivity index (χ3n) is 6.36. The molecule has 1 atom stereocenters. The zero-order chi connectivity index (χ0) is 28.0. The lowest BCUT2D eigenvalue weighted by Gasteiger charge is -2.26. The Balaban J connectivity index is 1.44. The largest absolute Gasteiger partial charge is 0.493 e. The van der Waals surface area contributed by atoms with E-state index in [-0.39, 0.29) is 30.5 Å². The van der Waals surface area contributed by atoms with Crippen molar-refractivity contribution in [1.82, 2.24) is 8.87 Å².